The van der Waals surface area contributed by atoms with Gasteiger partial charge < -0.3 is 5.23 Å². The van der Waals surface area contributed by atoms with E-state index in [1.165, 1.54) is 11.1 Å². The van der Waals surface area contributed by atoms with Gasteiger partial charge in [0.25, 0.3) is 0 Å². The van der Waals surface area contributed by atoms with E-state index in [0.29, 0.717) is 0 Å². The summed E-state index contributed by atoms with van der Waals surface area (Å²) in [4.78, 5) is 0. The second kappa shape index (κ2) is 3.42. The molecule has 1 N–H and O–H groups in total. The van der Waals surface area contributed by atoms with Crippen LogP contribution in [0.25, 0.3) is 0 Å². The van der Waals surface area contributed by atoms with E-state index < -0.39 is 0 Å². The van der Waals surface area contributed by atoms with Crippen LogP contribution in [0, 0.1) is 6.92 Å². The second-order valence-corrected chi connectivity index (χ2v) is 2.37. The van der Waals surface area contributed by atoms with Crippen LogP contribution in [0.4, 0.5) is 0 Å². The first kappa shape index (κ1) is 7.35. The number of benzene rings is 1. The highest BCUT2D eigenvalue weighted by atomic mass is 14.7. The summed E-state index contributed by atoms with van der Waals surface area (Å²) < 4.78 is 0. The Hall–Kier alpha value is -0.755. The van der Waals surface area contributed by atoms with Crippen LogP contribution in [-0.4, -0.2) is 7.98 Å². The van der Waals surface area contributed by atoms with Crippen LogP contribution in [0.1, 0.15) is 11.1 Å². The van der Waals surface area contributed by atoms with E-state index >= 15 is 0 Å². The van der Waals surface area contributed by atoms with Crippen LogP contribution in [0.15, 0.2) is 24.3 Å². The van der Waals surface area contributed by atoms with E-state index in [2.05, 4.69) is 24.3 Å². The Morgan fingerprint density at radius 2 is 2.30 bits per heavy atom. The average Bonchev–Trinajstić information content (AvgIpc) is 1.88. The van der Waals surface area contributed by atoms with Crippen molar-refractivity contribution in [3.8, 4) is 0 Å². The molecular formula is C8H10BN. The minimum absolute atomic E-state index is 0.738. The summed E-state index contributed by atoms with van der Waals surface area (Å²) in [5, 5.41) is 2.61. The van der Waals surface area contributed by atoms with Gasteiger partial charge in [0.2, 0.25) is 0 Å². The van der Waals surface area contributed by atoms with Crippen LogP contribution in [0.3, 0.4) is 0 Å². The molecule has 0 spiro atoms. The molecule has 0 amide bonds. The van der Waals surface area contributed by atoms with Gasteiger partial charge in [-0.3, -0.25) is 0 Å². The highest BCUT2D eigenvalue weighted by Gasteiger charge is 1.88. The van der Waals surface area contributed by atoms with Crippen LogP contribution in [0.5, 0.6) is 0 Å². The molecule has 10 heavy (non-hydrogen) atoms. The fourth-order valence-corrected chi connectivity index (χ4v) is 0.940. The van der Waals surface area contributed by atoms with Crippen molar-refractivity contribution in [2.45, 2.75) is 13.5 Å². The molecule has 0 aromatic heterocycles. The van der Waals surface area contributed by atoms with Crippen molar-refractivity contribution in [3.63, 3.8) is 0 Å². The molecule has 50 valence electrons. The summed E-state index contributed by atoms with van der Waals surface area (Å²) in [5.41, 5.74) is 2.50. The predicted octanol–water partition coefficient (Wildman–Crippen LogP) is 1.17. The molecule has 2 heteroatoms. The molecular weight excluding hydrogens is 121 g/mol. The molecule has 0 saturated carbocycles. The molecule has 0 aliphatic rings. The van der Waals surface area contributed by atoms with Gasteiger partial charge in [0.05, 0.1) is 0 Å². The van der Waals surface area contributed by atoms with Gasteiger partial charge in [-0.25, -0.2) is 0 Å². The normalized spacial score (nSPS) is 9.70. The smallest absolute Gasteiger partial charge is 0.178 e. The van der Waals surface area contributed by atoms with Gasteiger partial charge in [0, 0.05) is 6.54 Å². The summed E-state index contributed by atoms with van der Waals surface area (Å²) in [6.07, 6.45) is 0. The van der Waals surface area contributed by atoms with E-state index in [1.807, 2.05) is 12.1 Å². The summed E-state index contributed by atoms with van der Waals surface area (Å²) in [7, 11) is 5.16. The predicted molar refractivity (Wildman–Crippen MR) is 43.8 cm³/mol. The molecule has 0 heterocycles. The number of aryl methyl sites for hydroxylation is 1. The standard InChI is InChI=1S/C8H10BN/c1-7-3-2-4-8(5-7)6-10-9/h2-5,10H,6H2,1H3. The van der Waals surface area contributed by atoms with Gasteiger partial charge in [-0.15, -0.1) is 0 Å². The Bertz CT molecular complexity index is 210. The van der Waals surface area contributed by atoms with E-state index in [-0.39, 0.29) is 0 Å². The molecule has 1 aromatic carbocycles. The van der Waals surface area contributed by atoms with Gasteiger partial charge in [0.1, 0.15) is 0 Å². The first-order valence-corrected chi connectivity index (χ1v) is 3.32. The molecule has 0 unspecified atom stereocenters. The van der Waals surface area contributed by atoms with Gasteiger partial charge >= 0.3 is 0 Å². The van der Waals surface area contributed by atoms with Crippen molar-refractivity contribution in [2.24, 2.45) is 0 Å². The maximum Gasteiger partial charge on any atom is 0.178 e. The maximum absolute atomic E-state index is 5.16. The van der Waals surface area contributed by atoms with Gasteiger partial charge in [-0.05, 0) is 12.5 Å². The Morgan fingerprint density at radius 1 is 1.50 bits per heavy atom. The Kier molecular flexibility index (Phi) is 2.52. The summed E-state index contributed by atoms with van der Waals surface area (Å²) >= 11 is 0. The van der Waals surface area contributed by atoms with Gasteiger partial charge in [0.15, 0.2) is 7.98 Å². The Morgan fingerprint density at radius 3 is 2.90 bits per heavy atom. The molecule has 0 saturated heterocycles. The maximum atomic E-state index is 5.16. The highest BCUT2D eigenvalue weighted by molar-refractivity contribution is 6.04. The van der Waals surface area contributed by atoms with Crippen molar-refractivity contribution < 1.29 is 0 Å². The zero-order valence-electron chi connectivity index (χ0n) is 6.09. The molecule has 1 nitrogen and oxygen atoms in total. The van der Waals surface area contributed by atoms with Crippen molar-refractivity contribution in [1.29, 1.82) is 0 Å². The molecule has 0 aliphatic carbocycles. The summed E-state index contributed by atoms with van der Waals surface area (Å²) in [6, 6.07) is 8.26. The minimum atomic E-state index is 0.738. The molecule has 0 aliphatic heterocycles. The Labute approximate surface area is 62.9 Å². The quantitative estimate of drug-likeness (QED) is 0.594. The molecule has 1 aromatic rings. The molecule has 2 radical (unpaired) electrons. The third-order valence-corrected chi connectivity index (χ3v) is 1.39. The zero-order valence-corrected chi connectivity index (χ0v) is 6.09. The monoisotopic (exact) mass is 131 g/mol. The van der Waals surface area contributed by atoms with Crippen molar-refractivity contribution in [1.82, 2.24) is 5.23 Å². The molecule has 1 rings (SSSR count). The van der Waals surface area contributed by atoms with Crippen LogP contribution in [-0.2, 0) is 6.54 Å². The molecule has 0 atom stereocenters. The minimum Gasteiger partial charge on any atom is -0.363 e. The fraction of sp³-hybridized carbons (Fsp3) is 0.250. The lowest BCUT2D eigenvalue weighted by Gasteiger charge is -1.99. The summed E-state index contributed by atoms with van der Waals surface area (Å²) in [6.45, 7) is 2.81. The lowest BCUT2D eigenvalue weighted by Crippen LogP contribution is -2.06. The van der Waals surface area contributed by atoms with Crippen LogP contribution >= 0.6 is 0 Å². The van der Waals surface area contributed by atoms with Crippen molar-refractivity contribution in [2.75, 3.05) is 0 Å². The first-order valence-electron chi connectivity index (χ1n) is 3.32. The molecule has 0 fully saturated rings. The van der Waals surface area contributed by atoms with Crippen molar-refractivity contribution in [3.05, 3.63) is 35.4 Å². The third-order valence-electron chi connectivity index (χ3n) is 1.39. The fourth-order valence-electron chi connectivity index (χ4n) is 0.940. The largest absolute Gasteiger partial charge is 0.363 e. The van der Waals surface area contributed by atoms with Crippen molar-refractivity contribution >= 4 is 7.98 Å². The highest BCUT2D eigenvalue weighted by Crippen LogP contribution is 2.02. The first-order chi connectivity index (χ1) is 4.83. The van der Waals surface area contributed by atoms with E-state index in [4.69, 9.17) is 7.98 Å². The lowest BCUT2D eigenvalue weighted by molar-refractivity contribution is 0.959. The van der Waals surface area contributed by atoms with Crippen LogP contribution < -0.4 is 5.23 Å². The Balaban J connectivity index is 2.75. The van der Waals surface area contributed by atoms with E-state index in [1.54, 1.807) is 0 Å². The van der Waals surface area contributed by atoms with E-state index in [9.17, 15) is 0 Å². The third kappa shape index (κ3) is 1.88. The SMILES string of the molecule is [B]NCc1cccc(C)c1. The number of hydrogen-bond donors (Lipinski definition) is 1. The second-order valence-electron chi connectivity index (χ2n) is 2.37. The lowest BCUT2D eigenvalue weighted by atomic mass is 10.1. The summed E-state index contributed by atoms with van der Waals surface area (Å²) in [5.74, 6) is 0. The average molecular weight is 131 g/mol. The number of hydrogen-bond acceptors (Lipinski definition) is 1. The van der Waals surface area contributed by atoms with Gasteiger partial charge in [-0.2, -0.15) is 0 Å². The number of nitrogens with one attached hydrogen (secondary N) is 1. The molecule has 0 bridgehead atoms. The zero-order chi connectivity index (χ0) is 7.40. The van der Waals surface area contributed by atoms with Crippen LogP contribution in [0.2, 0.25) is 0 Å². The number of rotatable bonds is 2. The topological polar surface area (TPSA) is 12.0 Å². The van der Waals surface area contributed by atoms with E-state index in [0.717, 1.165) is 6.54 Å². The van der Waals surface area contributed by atoms with Gasteiger partial charge in [-0.1, -0.05) is 29.8 Å².